The van der Waals surface area contributed by atoms with Crippen LogP contribution >= 0.6 is 0 Å². The Kier molecular flexibility index (Phi) is 6.71. The number of anilines is 1. The Balaban J connectivity index is 1.64. The highest BCUT2D eigenvalue weighted by atomic mass is 19.1. The first-order valence-electron chi connectivity index (χ1n) is 8.25. The van der Waals surface area contributed by atoms with Gasteiger partial charge in [-0.3, -0.25) is 4.39 Å². The topological polar surface area (TPSA) is 24.9 Å². The number of hydrogen-bond donors (Lipinski definition) is 1. The summed E-state index contributed by atoms with van der Waals surface area (Å²) in [5.74, 6) is 1.10. The number of aryl methyl sites for hydroxylation is 2. The maximum absolute atomic E-state index is 12.1. The predicted octanol–water partition coefficient (Wildman–Crippen LogP) is 4.85. The summed E-state index contributed by atoms with van der Waals surface area (Å²) in [7, 11) is 0. The number of pyridine rings is 1. The van der Waals surface area contributed by atoms with Gasteiger partial charge in [0.05, 0.1) is 6.67 Å². The third kappa shape index (κ3) is 5.49. The lowest BCUT2D eigenvalue weighted by Gasteiger charge is -2.17. The number of unbranched alkanes of at least 4 members (excludes halogenated alkanes) is 2. The number of hydrogen-bond acceptors (Lipinski definition) is 2. The number of rotatable bonds is 9. The van der Waals surface area contributed by atoms with Crippen molar-refractivity contribution in [3.8, 4) is 0 Å². The lowest BCUT2D eigenvalue weighted by atomic mass is 10.0. The molecule has 0 fully saturated rings. The highest BCUT2D eigenvalue weighted by Gasteiger charge is 2.09. The summed E-state index contributed by atoms with van der Waals surface area (Å²) in [6, 6.07) is 4.40. The van der Waals surface area contributed by atoms with Crippen LogP contribution < -0.4 is 5.32 Å². The van der Waals surface area contributed by atoms with E-state index in [1.165, 1.54) is 36.1 Å². The highest BCUT2D eigenvalue weighted by molar-refractivity contribution is 5.46. The summed E-state index contributed by atoms with van der Waals surface area (Å²) in [6.45, 7) is 4.83. The van der Waals surface area contributed by atoms with Gasteiger partial charge in [0.1, 0.15) is 5.82 Å². The van der Waals surface area contributed by atoms with Crippen LogP contribution in [0.1, 0.15) is 56.2 Å². The lowest BCUT2D eigenvalue weighted by molar-refractivity contribution is 0.469. The molecule has 0 spiro atoms. The molecule has 1 aromatic rings. The molecule has 0 saturated heterocycles. The van der Waals surface area contributed by atoms with Gasteiger partial charge in [-0.25, -0.2) is 4.98 Å². The van der Waals surface area contributed by atoms with Crippen LogP contribution in [0.3, 0.4) is 0 Å². The van der Waals surface area contributed by atoms with E-state index in [0.29, 0.717) is 6.42 Å². The number of fused-ring (bicyclic) bond motifs is 1. The molecule has 21 heavy (non-hydrogen) atoms. The van der Waals surface area contributed by atoms with Crippen LogP contribution in [0.4, 0.5) is 10.2 Å². The molecule has 2 nitrogen and oxygen atoms in total. The maximum atomic E-state index is 12.1. The summed E-state index contributed by atoms with van der Waals surface area (Å²) in [4.78, 5) is 4.72. The van der Waals surface area contributed by atoms with Crippen molar-refractivity contribution in [1.29, 1.82) is 0 Å². The summed E-state index contributed by atoms with van der Waals surface area (Å²) >= 11 is 0. The molecule has 0 aromatic carbocycles. The lowest BCUT2D eigenvalue weighted by Crippen LogP contribution is -2.13. The quantitative estimate of drug-likeness (QED) is 0.519. The smallest absolute Gasteiger partial charge is 0.129 e. The minimum Gasteiger partial charge on any atom is -0.370 e. The first-order valence-corrected chi connectivity index (χ1v) is 8.25. The molecule has 2 heterocycles. The fraction of sp³-hybridized carbons (Fsp3) is 0.611. The number of allylic oxidation sites excluding steroid dienone is 1. The average molecular weight is 290 g/mol. The van der Waals surface area contributed by atoms with Gasteiger partial charge < -0.3 is 5.32 Å². The second-order valence-corrected chi connectivity index (χ2v) is 5.94. The maximum Gasteiger partial charge on any atom is 0.129 e. The second kappa shape index (κ2) is 8.81. The number of alkyl halides is 1. The molecule has 0 aliphatic carbocycles. The summed E-state index contributed by atoms with van der Waals surface area (Å²) in [5.41, 5.74) is 3.75. The Morgan fingerprint density at radius 3 is 2.90 bits per heavy atom. The average Bonchev–Trinajstić information content (AvgIpc) is 2.52. The van der Waals surface area contributed by atoms with Crippen molar-refractivity contribution in [1.82, 2.24) is 4.98 Å². The zero-order valence-corrected chi connectivity index (χ0v) is 13.0. The Labute approximate surface area is 127 Å². The van der Waals surface area contributed by atoms with Gasteiger partial charge in [0.2, 0.25) is 0 Å². The van der Waals surface area contributed by atoms with Crippen molar-refractivity contribution in [2.75, 3.05) is 18.5 Å². The third-order valence-electron chi connectivity index (χ3n) is 4.08. The molecule has 3 heteroatoms. The fourth-order valence-corrected chi connectivity index (χ4v) is 2.81. The van der Waals surface area contributed by atoms with E-state index in [-0.39, 0.29) is 6.67 Å². The number of aromatic nitrogens is 1. The molecule has 1 aromatic heterocycles. The number of nitrogens with zero attached hydrogens (tertiary/aromatic N) is 1. The highest BCUT2D eigenvalue weighted by Crippen LogP contribution is 2.20. The second-order valence-electron chi connectivity index (χ2n) is 5.94. The Bertz CT molecular complexity index is 457. The van der Waals surface area contributed by atoms with E-state index in [1.54, 1.807) is 0 Å². The van der Waals surface area contributed by atoms with Gasteiger partial charge in [-0.2, -0.15) is 0 Å². The fourth-order valence-electron chi connectivity index (χ4n) is 2.81. The van der Waals surface area contributed by atoms with Gasteiger partial charge in [0.25, 0.3) is 0 Å². The number of nitrogens with one attached hydrogen (secondary N) is 1. The van der Waals surface area contributed by atoms with Gasteiger partial charge in [-0.15, -0.1) is 0 Å². The van der Waals surface area contributed by atoms with E-state index in [4.69, 9.17) is 4.98 Å². The Hall–Kier alpha value is -1.38. The van der Waals surface area contributed by atoms with Crippen LogP contribution in [0.25, 0.3) is 0 Å². The van der Waals surface area contributed by atoms with Gasteiger partial charge >= 0.3 is 0 Å². The molecular weight excluding hydrogens is 263 g/mol. The first-order chi connectivity index (χ1) is 10.3. The van der Waals surface area contributed by atoms with Crippen molar-refractivity contribution in [3.05, 3.63) is 35.5 Å². The van der Waals surface area contributed by atoms with E-state index in [2.05, 4.69) is 24.0 Å². The first kappa shape index (κ1) is 16.0. The van der Waals surface area contributed by atoms with Gasteiger partial charge in [0.15, 0.2) is 0 Å². The Morgan fingerprint density at radius 1 is 1.19 bits per heavy atom. The molecular formula is C18H27FN2. The molecule has 0 unspecified atom stereocenters. The molecule has 1 N–H and O–H groups in total. The molecule has 116 valence electrons. The molecule has 0 bridgehead atoms. The van der Waals surface area contributed by atoms with Crippen LogP contribution in [0.15, 0.2) is 24.3 Å². The molecule has 0 atom stereocenters. The van der Waals surface area contributed by atoms with Crippen LogP contribution in [0, 0.1) is 0 Å². The molecule has 1 aliphatic heterocycles. The molecule has 0 radical (unpaired) electrons. The predicted molar refractivity (Wildman–Crippen MR) is 87.6 cm³/mol. The van der Waals surface area contributed by atoms with Crippen molar-refractivity contribution in [2.24, 2.45) is 0 Å². The van der Waals surface area contributed by atoms with Gasteiger partial charge in [-0.05, 0) is 63.0 Å². The van der Waals surface area contributed by atoms with Gasteiger partial charge in [0, 0.05) is 12.2 Å². The molecule has 0 saturated carbocycles. The van der Waals surface area contributed by atoms with E-state index in [1.807, 2.05) is 0 Å². The normalized spacial score (nSPS) is 13.6. The number of halogens is 1. The summed E-state index contributed by atoms with van der Waals surface area (Å²) in [6.07, 6.45) is 9.44. The SMILES string of the molecule is C=C(CCCF)CCCCCc1ccc2c(n1)NCCC2. The zero-order valence-electron chi connectivity index (χ0n) is 13.0. The molecule has 1 aliphatic rings. The van der Waals surface area contributed by atoms with Crippen molar-refractivity contribution in [3.63, 3.8) is 0 Å². The zero-order chi connectivity index (χ0) is 14.9. The third-order valence-corrected chi connectivity index (χ3v) is 4.08. The van der Waals surface area contributed by atoms with Crippen LogP contribution in [0.2, 0.25) is 0 Å². The van der Waals surface area contributed by atoms with E-state index in [0.717, 1.165) is 44.5 Å². The van der Waals surface area contributed by atoms with Gasteiger partial charge in [-0.1, -0.05) is 24.6 Å². The minimum absolute atomic E-state index is 0.225. The Morgan fingerprint density at radius 2 is 2.05 bits per heavy atom. The summed E-state index contributed by atoms with van der Waals surface area (Å²) in [5, 5.41) is 3.39. The largest absolute Gasteiger partial charge is 0.370 e. The van der Waals surface area contributed by atoms with E-state index >= 15 is 0 Å². The molecule has 0 amide bonds. The molecule has 2 rings (SSSR count). The standard InChI is InChI=1S/C18H27FN2/c1-15(8-5-13-19)7-3-2-4-10-17-12-11-16-9-6-14-20-18(16)21-17/h11-12H,1-10,13-14H2,(H,20,21). The van der Waals surface area contributed by atoms with Crippen molar-refractivity contribution >= 4 is 5.82 Å². The van der Waals surface area contributed by atoms with Crippen LogP contribution in [-0.4, -0.2) is 18.2 Å². The van der Waals surface area contributed by atoms with Crippen LogP contribution in [-0.2, 0) is 12.8 Å². The van der Waals surface area contributed by atoms with Crippen molar-refractivity contribution < 1.29 is 4.39 Å². The monoisotopic (exact) mass is 290 g/mol. The van der Waals surface area contributed by atoms with Crippen LogP contribution in [0.5, 0.6) is 0 Å². The minimum atomic E-state index is -0.225. The summed E-state index contributed by atoms with van der Waals surface area (Å²) < 4.78 is 12.1. The van der Waals surface area contributed by atoms with E-state index in [9.17, 15) is 4.39 Å². The van der Waals surface area contributed by atoms with E-state index < -0.39 is 0 Å². The van der Waals surface area contributed by atoms with Crippen molar-refractivity contribution in [2.45, 2.75) is 57.8 Å².